The number of aromatic nitrogens is 1. The molecule has 1 saturated heterocycles. The fourth-order valence-electron chi connectivity index (χ4n) is 4.08. The number of hydrogen-bond acceptors (Lipinski definition) is 5. The van der Waals surface area contributed by atoms with E-state index in [1.165, 1.54) is 0 Å². The van der Waals surface area contributed by atoms with E-state index in [1.54, 1.807) is 0 Å². The van der Waals surface area contributed by atoms with Gasteiger partial charge in [0.2, 0.25) is 12.7 Å². The summed E-state index contributed by atoms with van der Waals surface area (Å²) in [7, 11) is 0. The van der Waals surface area contributed by atoms with Crippen molar-refractivity contribution in [2.45, 2.75) is 44.8 Å². The van der Waals surface area contributed by atoms with Gasteiger partial charge in [0, 0.05) is 42.6 Å². The van der Waals surface area contributed by atoms with Crippen molar-refractivity contribution in [2.75, 3.05) is 19.9 Å². The van der Waals surface area contributed by atoms with Crippen molar-refractivity contribution in [1.82, 2.24) is 9.88 Å². The summed E-state index contributed by atoms with van der Waals surface area (Å²) in [6.07, 6.45) is 5.27. The fraction of sp³-hybridized carbons (Fsp3) is 0.524. The highest BCUT2D eigenvalue weighted by Crippen LogP contribution is 2.37. The van der Waals surface area contributed by atoms with Crippen LogP contribution in [0.1, 0.15) is 37.7 Å². The van der Waals surface area contributed by atoms with E-state index in [9.17, 15) is 4.79 Å². The molecule has 0 radical (unpaired) electrons. The van der Waals surface area contributed by atoms with E-state index in [-0.39, 0.29) is 24.7 Å². The highest BCUT2D eigenvalue weighted by atomic mass is 35.5. The maximum absolute atomic E-state index is 13.0. The first-order valence-electron chi connectivity index (χ1n) is 9.96. The Hall–Kier alpha value is -2.05. The summed E-state index contributed by atoms with van der Waals surface area (Å²) in [5.74, 6) is 1.75. The standard InChI is InChI=1S/C21H23ClN2O4/c22-20-15(7-14-8-18-19(28-12-27-18)9-17(14)23-20)10-24(11-16-5-2-6-26-16)21(25)13-3-1-4-13/h7-9,13,16H,1-6,10-12H2/t16-/m0/s1. The Labute approximate surface area is 168 Å². The molecule has 28 heavy (non-hydrogen) atoms. The first-order chi connectivity index (χ1) is 13.7. The van der Waals surface area contributed by atoms with Crippen LogP contribution in [-0.4, -0.2) is 41.8 Å². The third kappa shape index (κ3) is 3.40. The second-order valence-electron chi connectivity index (χ2n) is 7.82. The average molecular weight is 403 g/mol. The van der Waals surface area contributed by atoms with E-state index in [0.717, 1.165) is 55.2 Å². The van der Waals surface area contributed by atoms with Gasteiger partial charge >= 0.3 is 0 Å². The number of carbonyl (C=O) groups excluding carboxylic acids is 1. The number of ether oxygens (including phenoxy) is 3. The van der Waals surface area contributed by atoms with Crippen molar-refractivity contribution < 1.29 is 19.0 Å². The molecule has 2 aliphatic heterocycles. The van der Waals surface area contributed by atoms with Crippen molar-refractivity contribution in [3.63, 3.8) is 0 Å². The van der Waals surface area contributed by atoms with Gasteiger partial charge in [-0.05, 0) is 37.8 Å². The van der Waals surface area contributed by atoms with Gasteiger partial charge in [0.05, 0.1) is 11.6 Å². The zero-order chi connectivity index (χ0) is 19.1. The van der Waals surface area contributed by atoms with Crippen LogP contribution in [-0.2, 0) is 16.1 Å². The number of fused-ring (bicyclic) bond motifs is 2. The van der Waals surface area contributed by atoms with Crippen LogP contribution in [0.2, 0.25) is 5.15 Å². The van der Waals surface area contributed by atoms with E-state index in [4.69, 9.17) is 25.8 Å². The van der Waals surface area contributed by atoms with E-state index in [2.05, 4.69) is 4.98 Å². The Kier molecular flexibility index (Phi) is 4.77. The van der Waals surface area contributed by atoms with Crippen molar-refractivity contribution in [3.8, 4) is 11.5 Å². The van der Waals surface area contributed by atoms with Crippen LogP contribution in [0.4, 0.5) is 0 Å². The Balaban J connectivity index is 1.43. The minimum Gasteiger partial charge on any atom is -0.454 e. The number of nitrogens with zero attached hydrogens (tertiary/aromatic N) is 2. The lowest BCUT2D eigenvalue weighted by atomic mass is 9.84. The maximum atomic E-state index is 13.0. The van der Waals surface area contributed by atoms with E-state index in [0.29, 0.717) is 29.7 Å². The molecule has 1 aromatic carbocycles. The molecule has 2 aromatic rings. The molecule has 0 bridgehead atoms. The molecule has 7 heteroatoms. The Bertz CT molecular complexity index is 909. The third-order valence-corrected chi connectivity index (χ3v) is 6.24. The molecule has 5 rings (SSSR count). The van der Waals surface area contributed by atoms with Gasteiger partial charge in [-0.25, -0.2) is 4.98 Å². The smallest absolute Gasteiger partial charge is 0.231 e. The van der Waals surface area contributed by atoms with Gasteiger partial charge in [0.1, 0.15) is 5.15 Å². The third-order valence-electron chi connectivity index (χ3n) is 5.91. The Morgan fingerprint density at radius 2 is 1.96 bits per heavy atom. The normalized spacial score (nSPS) is 21.1. The predicted molar refractivity (Wildman–Crippen MR) is 105 cm³/mol. The molecule has 1 saturated carbocycles. The molecule has 2 fully saturated rings. The fourth-order valence-corrected chi connectivity index (χ4v) is 4.29. The molecule has 3 heterocycles. The quantitative estimate of drug-likeness (QED) is 0.709. The van der Waals surface area contributed by atoms with Gasteiger partial charge in [-0.3, -0.25) is 4.79 Å². The molecular formula is C21H23ClN2O4. The summed E-state index contributed by atoms with van der Waals surface area (Å²) >= 11 is 6.49. The van der Waals surface area contributed by atoms with E-state index < -0.39 is 0 Å². The first kappa shape index (κ1) is 18.0. The zero-order valence-electron chi connectivity index (χ0n) is 15.7. The molecular weight excluding hydrogens is 380 g/mol. The summed E-state index contributed by atoms with van der Waals surface area (Å²) < 4.78 is 16.7. The number of pyridine rings is 1. The van der Waals surface area contributed by atoms with Crippen molar-refractivity contribution >= 4 is 28.4 Å². The van der Waals surface area contributed by atoms with Crippen LogP contribution in [0.25, 0.3) is 10.9 Å². The van der Waals surface area contributed by atoms with Crippen LogP contribution in [0, 0.1) is 5.92 Å². The minimum absolute atomic E-state index is 0.116. The molecule has 0 spiro atoms. The summed E-state index contributed by atoms with van der Waals surface area (Å²) in [4.78, 5) is 19.5. The van der Waals surface area contributed by atoms with Crippen LogP contribution >= 0.6 is 11.6 Å². The molecule has 1 amide bonds. The van der Waals surface area contributed by atoms with E-state index >= 15 is 0 Å². The molecule has 0 N–H and O–H groups in total. The Morgan fingerprint density at radius 1 is 1.14 bits per heavy atom. The zero-order valence-corrected chi connectivity index (χ0v) is 16.4. The Morgan fingerprint density at radius 3 is 2.68 bits per heavy atom. The summed E-state index contributed by atoms with van der Waals surface area (Å²) in [5, 5.41) is 1.35. The van der Waals surface area contributed by atoms with Gasteiger partial charge in [-0.2, -0.15) is 0 Å². The molecule has 148 valence electrons. The van der Waals surface area contributed by atoms with Crippen molar-refractivity contribution in [3.05, 3.63) is 28.9 Å². The number of hydrogen-bond donors (Lipinski definition) is 0. The van der Waals surface area contributed by atoms with Crippen LogP contribution in [0.5, 0.6) is 11.5 Å². The number of halogens is 1. The van der Waals surface area contributed by atoms with Crippen molar-refractivity contribution in [1.29, 1.82) is 0 Å². The van der Waals surface area contributed by atoms with Crippen molar-refractivity contribution in [2.24, 2.45) is 5.92 Å². The summed E-state index contributed by atoms with van der Waals surface area (Å²) in [6.45, 7) is 2.06. The molecule has 0 unspecified atom stereocenters. The maximum Gasteiger partial charge on any atom is 0.231 e. The SMILES string of the molecule is O=C(C1CCC1)N(Cc1cc2cc3c(cc2nc1Cl)OCO3)C[C@@H]1CCCO1. The number of carbonyl (C=O) groups is 1. The van der Waals surface area contributed by atoms with Crippen LogP contribution in [0.15, 0.2) is 18.2 Å². The van der Waals surface area contributed by atoms with Gasteiger partial charge in [-0.15, -0.1) is 0 Å². The first-order valence-corrected chi connectivity index (χ1v) is 10.3. The largest absolute Gasteiger partial charge is 0.454 e. The molecule has 3 aliphatic rings. The molecule has 1 aliphatic carbocycles. The number of benzene rings is 1. The lowest BCUT2D eigenvalue weighted by Crippen LogP contribution is -2.42. The van der Waals surface area contributed by atoms with Crippen LogP contribution in [0.3, 0.4) is 0 Å². The molecule has 1 atom stereocenters. The highest BCUT2D eigenvalue weighted by Gasteiger charge is 2.32. The van der Waals surface area contributed by atoms with Gasteiger partial charge in [0.15, 0.2) is 11.5 Å². The van der Waals surface area contributed by atoms with Gasteiger partial charge in [-0.1, -0.05) is 18.0 Å². The second kappa shape index (κ2) is 7.41. The van der Waals surface area contributed by atoms with Gasteiger partial charge < -0.3 is 19.1 Å². The van der Waals surface area contributed by atoms with Crippen LogP contribution < -0.4 is 9.47 Å². The lowest BCUT2D eigenvalue weighted by molar-refractivity contribution is -0.140. The second-order valence-corrected chi connectivity index (χ2v) is 8.18. The lowest BCUT2D eigenvalue weighted by Gasteiger charge is -2.33. The monoisotopic (exact) mass is 402 g/mol. The number of amides is 1. The average Bonchev–Trinajstić information content (AvgIpc) is 3.29. The summed E-state index contributed by atoms with van der Waals surface area (Å²) in [5.41, 5.74) is 1.60. The van der Waals surface area contributed by atoms with Gasteiger partial charge in [0.25, 0.3) is 0 Å². The predicted octanol–water partition coefficient (Wildman–Crippen LogP) is 3.92. The summed E-state index contributed by atoms with van der Waals surface area (Å²) in [6, 6.07) is 5.77. The molecule has 6 nitrogen and oxygen atoms in total. The highest BCUT2D eigenvalue weighted by molar-refractivity contribution is 6.30. The minimum atomic E-state index is 0.116. The molecule has 1 aromatic heterocycles. The van der Waals surface area contributed by atoms with E-state index in [1.807, 2.05) is 23.1 Å². The number of rotatable bonds is 5. The topological polar surface area (TPSA) is 60.9 Å².